The third-order valence-corrected chi connectivity index (χ3v) is 6.86. The Morgan fingerprint density at radius 3 is 2.38 bits per heavy atom. The number of nitrogens with zero attached hydrogens (tertiary/aromatic N) is 3. The van der Waals surface area contributed by atoms with Gasteiger partial charge in [-0.25, -0.2) is 0 Å². The topological polar surface area (TPSA) is 97.1 Å². The maximum atomic E-state index is 12.4. The molecule has 0 aliphatic carbocycles. The Morgan fingerprint density at radius 1 is 0.949 bits per heavy atom. The summed E-state index contributed by atoms with van der Waals surface area (Å²) in [4.78, 5) is 27.7. The fraction of sp³-hybridized carbons (Fsp3) is 0.133. The smallest absolute Gasteiger partial charge is 0.305 e. The van der Waals surface area contributed by atoms with Crippen LogP contribution in [0, 0.1) is 0 Å². The maximum absolute atomic E-state index is 12.4. The summed E-state index contributed by atoms with van der Waals surface area (Å²) >= 11 is 12.6. The molecule has 1 atom stereocenters. The molecule has 0 aliphatic rings. The number of amides is 1. The van der Waals surface area contributed by atoms with Gasteiger partial charge in [-0.05, 0) is 61.0 Å². The predicted octanol–water partition coefficient (Wildman–Crippen LogP) is 6.89. The molecular weight excluding hydrogens is 535 g/mol. The lowest BCUT2D eigenvalue weighted by molar-refractivity contribution is -0.136. The van der Waals surface area contributed by atoms with Crippen molar-refractivity contribution in [2.24, 2.45) is 0 Å². The summed E-state index contributed by atoms with van der Waals surface area (Å²) in [5.41, 5.74) is 5.56. The van der Waals surface area contributed by atoms with Crippen molar-refractivity contribution in [3.05, 3.63) is 106 Å². The monoisotopic (exact) mass is 558 g/mol. The van der Waals surface area contributed by atoms with Gasteiger partial charge in [0.25, 0.3) is 5.91 Å². The van der Waals surface area contributed by atoms with Crippen LogP contribution in [0.2, 0.25) is 10.0 Å². The number of pyridine rings is 1. The zero-order valence-electron chi connectivity index (χ0n) is 20.9. The van der Waals surface area contributed by atoms with Crippen LogP contribution in [0.25, 0.3) is 33.4 Å². The van der Waals surface area contributed by atoms with Crippen LogP contribution in [0.5, 0.6) is 0 Å². The highest BCUT2D eigenvalue weighted by Gasteiger charge is 2.19. The second kappa shape index (κ2) is 11.3. The third kappa shape index (κ3) is 5.95. The highest BCUT2D eigenvalue weighted by molar-refractivity contribution is 6.35. The lowest BCUT2D eigenvalue weighted by atomic mass is 10.0. The van der Waals surface area contributed by atoms with E-state index >= 15 is 0 Å². The number of carbonyl (C=O) groups excluding carboxylic acids is 1. The van der Waals surface area contributed by atoms with Gasteiger partial charge in [-0.1, -0.05) is 53.5 Å². The van der Waals surface area contributed by atoms with Crippen molar-refractivity contribution < 1.29 is 14.7 Å². The lowest BCUT2D eigenvalue weighted by Gasteiger charge is -2.17. The fourth-order valence-electron chi connectivity index (χ4n) is 4.40. The number of carbonyl (C=O) groups is 2. The van der Waals surface area contributed by atoms with E-state index in [4.69, 9.17) is 33.4 Å². The minimum Gasteiger partial charge on any atom is -0.481 e. The molecule has 2 heterocycles. The number of carboxylic acids is 1. The van der Waals surface area contributed by atoms with Crippen molar-refractivity contribution in [1.29, 1.82) is 0 Å². The lowest BCUT2D eigenvalue weighted by Crippen LogP contribution is -2.26. The molecule has 196 valence electrons. The zero-order chi connectivity index (χ0) is 27.5. The Morgan fingerprint density at radius 2 is 1.67 bits per heavy atom. The molecule has 0 fully saturated rings. The Balaban J connectivity index is 1.52. The predicted molar refractivity (Wildman–Crippen MR) is 153 cm³/mol. The van der Waals surface area contributed by atoms with Gasteiger partial charge < -0.3 is 10.4 Å². The highest BCUT2D eigenvalue weighted by Crippen LogP contribution is 2.34. The summed E-state index contributed by atoms with van der Waals surface area (Å²) in [5.74, 6) is -1.28. The van der Waals surface area contributed by atoms with Gasteiger partial charge in [-0.15, -0.1) is 0 Å². The molecule has 39 heavy (non-hydrogen) atoms. The minimum absolute atomic E-state index is 0.0685. The van der Waals surface area contributed by atoms with Gasteiger partial charge in [-0.3, -0.25) is 19.3 Å². The van der Waals surface area contributed by atoms with E-state index in [2.05, 4.69) is 16.4 Å². The third-order valence-electron chi connectivity index (χ3n) is 6.43. The van der Waals surface area contributed by atoms with Gasteiger partial charge in [0.2, 0.25) is 0 Å². The SMILES string of the molecule is CC(c1ccc(C(=O)NCCC(=O)O)cc1)n1nc(-c2cc(Cl)cc(Cl)c2)cc1-c1cnc2ccccc2c1. The average Bonchev–Trinajstić information content (AvgIpc) is 3.37. The van der Waals surface area contributed by atoms with Gasteiger partial charge in [-0.2, -0.15) is 5.10 Å². The number of para-hydroxylation sites is 1. The van der Waals surface area contributed by atoms with E-state index in [9.17, 15) is 9.59 Å². The second-order valence-corrected chi connectivity index (χ2v) is 10.0. The van der Waals surface area contributed by atoms with Crippen LogP contribution in [0.4, 0.5) is 0 Å². The summed E-state index contributed by atoms with van der Waals surface area (Å²) in [6, 6.07) is 24.3. The summed E-state index contributed by atoms with van der Waals surface area (Å²) in [7, 11) is 0. The molecule has 0 bridgehead atoms. The number of hydrogen-bond acceptors (Lipinski definition) is 4. The molecule has 7 nitrogen and oxygen atoms in total. The molecule has 2 aromatic heterocycles. The molecule has 1 amide bonds. The van der Waals surface area contributed by atoms with Crippen LogP contribution in [0.1, 0.15) is 35.3 Å². The Hall–Kier alpha value is -4.20. The van der Waals surface area contributed by atoms with Crippen LogP contribution in [-0.2, 0) is 4.79 Å². The van der Waals surface area contributed by atoms with Crippen LogP contribution in [0.15, 0.2) is 85.1 Å². The number of benzene rings is 3. The highest BCUT2D eigenvalue weighted by atomic mass is 35.5. The first kappa shape index (κ1) is 26.4. The van der Waals surface area contributed by atoms with Crippen molar-refractivity contribution in [1.82, 2.24) is 20.1 Å². The van der Waals surface area contributed by atoms with Crippen molar-refractivity contribution >= 4 is 46.0 Å². The van der Waals surface area contributed by atoms with Gasteiger partial charge in [0.05, 0.1) is 29.4 Å². The van der Waals surface area contributed by atoms with E-state index in [0.717, 1.165) is 33.3 Å². The van der Waals surface area contributed by atoms with Crippen LogP contribution < -0.4 is 5.32 Å². The molecule has 5 aromatic rings. The van der Waals surface area contributed by atoms with Crippen LogP contribution >= 0.6 is 23.2 Å². The molecular formula is C30H24Cl2N4O3. The molecule has 0 aliphatic heterocycles. The first-order valence-electron chi connectivity index (χ1n) is 12.3. The van der Waals surface area contributed by atoms with E-state index in [1.807, 2.05) is 72.4 Å². The Labute approximate surface area is 235 Å². The first-order chi connectivity index (χ1) is 18.8. The normalized spacial score (nSPS) is 11.9. The fourth-order valence-corrected chi connectivity index (χ4v) is 4.92. The quantitative estimate of drug-likeness (QED) is 0.216. The number of aromatic nitrogens is 3. The van der Waals surface area contributed by atoms with Crippen molar-refractivity contribution in [3.63, 3.8) is 0 Å². The molecule has 3 aromatic carbocycles. The number of rotatable bonds is 8. The first-order valence-corrected chi connectivity index (χ1v) is 13.1. The molecule has 9 heteroatoms. The molecule has 1 unspecified atom stereocenters. The van der Waals surface area contributed by atoms with Crippen molar-refractivity contribution in [2.45, 2.75) is 19.4 Å². The van der Waals surface area contributed by atoms with Gasteiger partial charge in [0.15, 0.2) is 0 Å². The Bertz CT molecular complexity index is 1660. The second-order valence-electron chi connectivity index (χ2n) is 9.13. The molecule has 5 rings (SSSR count). The van der Waals surface area contributed by atoms with Gasteiger partial charge >= 0.3 is 5.97 Å². The van der Waals surface area contributed by atoms with E-state index in [-0.39, 0.29) is 24.9 Å². The van der Waals surface area contributed by atoms with Crippen molar-refractivity contribution in [3.8, 4) is 22.5 Å². The van der Waals surface area contributed by atoms with Crippen molar-refractivity contribution in [2.75, 3.05) is 6.54 Å². The molecule has 0 saturated heterocycles. The summed E-state index contributed by atoms with van der Waals surface area (Å²) < 4.78 is 1.93. The standard InChI is InChI=1S/C30H24Cl2N4O3/c1-18(19-6-8-20(9-7-19)30(39)33-11-10-29(37)38)36-28(23-12-21-4-2-3-5-26(21)34-17-23)16-27(35-36)22-13-24(31)15-25(32)14-22/h2-9,12-18H,10-11H2,1H3,(H,33,39)(H,37,38). The molecule has 0 spiro atoms. The van der Waals surface area contributed by atoms with Gasteiger partial charge in [0.1, 0.15) is 0 Å². The summed E-state index contributed by atoms with van der Waals surface area (Å²) in [6.45, 7) is 2.10. The maximum Gasteiger partial charge on any atom is 0.305 e. The zero-order valence-corrected chi connectivity index (χ0v) is 22.4. The number of aliphatic carboxylic acids is 1. The molecule has 0 saturated carbocycles. The minimum atomic E-state index is -0.962. The summed E-state index contributed by atoms with van der Waals surface area (Å²) in [5, 5.41) is 18.4. The average molecular weight is 559 g/mol. The number of nitrogens with one attached hydrogen (secondary N) is 1. The number of hydrogen-bond donors (Lipinski definition) is 2. The molecule has 2 N–H and O–H groups in total. The number of fused-ring (bicyclic) bond motifs is 1. The van der Waals surface area contributed by atoms with E-state index in [1.54, 1.807) is 18.2 Å². The molecule has 0 radical (unpaired) electrons. The number of carboxylic acid groups (broad SMARTS) is 1. The Kier molecular flexibility index (Phi) is 7.63. The van der Waals surface area contributed by atoms with E-state index in [1.165, 1.54) is 0 Å². The van der Waals surface area contributed by atoms with E-state index < -0.39 is 5.97 Å². The summed E-state index contributed by atoms with van der Waals surface area (Å²) in [6.07, 6.45) is 1.70. The largest absolute Gasteiger partial charge is 0.481 e. The van der Waals surface area contributed by atoms with Crippen LogP contribution in [-0.4, -0.2) is 38.3 Å². The number of halogens is 2. The van der Waals surface area contributed by atoms with Crippen LogP contribution in [0.3, 0.4) is 0 Å². The van der Waals surface area contributed by atoms with E-state index in [0.29, 0.717) is 21.3 Å². The van der Waals surface area contributed by atoms with Gasteiger partial charge in [0, 0.05) is 44.9 Å².